The summed E-state index contributed by atoms with van der Waals surface area (Å²) in [7, 11) is -0.890. The van der Waals surface area contributed by atoms with E-state index in [1.165, 1.54) is 7.11 Å². The van der Waals surface area contributed by atoms with Crippen molar-refractivity contribution in [3.8, 4) is 11.5 Å². The van der Waals surface area contributed by atoms with Gasteiger partial charge in [0.2, 0.25) is 5.91 Å². The zero-order chi connectivity index (χ0) is 24.9. The fourth-order valence-electron chi connectivity index (χ4n) is 3.38. The highest BCUT2D eigenvalue weighted by molar-refractivity contribution is 9.10. The van der Waals surface area contributed by atoms with Crippen LogP contribution in [-0.2, 0) is 14.8 Å². The number of rotatable bonds is 9. The number of methoxy groups -OCH3 is 2. The lowest BCUT2D eigenvalue weighted by Crippen LogP contribution is -2.41. The second-order valence-corrected chi connectivity index (χ2v) is 10.5. The van der Waals surface area contributed by atoms with Crippen LogP contribution in [0.15, 0.2) is 76.1 Å². The predicted octanol–water partition coefficient (Wildman–Crippen LogP) is 4.85. The quantitative estimate of drug-likeness (QED) is 0.414. The van der Waals surface area contributed by atoms with Gasteiger partial charge < -0.3 is 14.8 Å². The first-order valence-electron chi connectivity index (χ1n) is 10.5. The van der Waals surface area contributed by atoms with E-state index in [4.69, 9.17) is 9.47 Å². The molecular weight excluding hydrogens is 520 g/mol. The van der Waals surface area contributed by atoms with Crippen molar-refractivity contribution in [2.75, 3.05) is 25.1 Å². The maximum atomic E-state index is 13.5. The molecule has 0 spiro atoms. The minimum atomic E-state index is -3.98. The zero-order valence-electron chi connectivity index (χ0n) is 19.4. The fraction of sp³-hybridized carbons (Fsp3) is 0.240. The van der Waals surface area contributed by atoms with Crippen molar-refractivity contribution in [2.24, 2.45) is 0 Å². The number of ether oxygens (including phenoxy) is 2. The molecule has 0 saturated carbocycles. The highest BCUT2D eigenvalue weighted by atomic mass is 79.9. The average Bonchev–Trinajstić information content (AvgIpc) is 2.82. The predicted molar refractivity (Wildman–Crippen MR) is 136 cm³/mol. The third-order valence-corrected chi connectivity index (χ3v) is 7.61. The Morgan fingerprint density at radius 1 is 0.971 bits per heavy atom. The van der Waals surface area contributed by atoms with Crippen LogP contribution in [0.2, 0.25) is 0 Å². The molecule has 0 bridgehead atoms. The first kappa shape index (κ1) is 25.6. The van der Waals surface area contributed by atoms with Gasteiger partial charge in [-0.2, -0.15) is 0 Å². The maximum absolute atomic E-state index is 13.5. The van der Waals surface area contributed by atoms with Crippen LogP contribution in [0.3, 0.4) is 0 Å². The van der Waals surface area contributed by atoms with E-state index in [1.54, 1.807) is 67.8 Å². The standard InChI is InChI=1S/C25H27BrN2O5S/c1-17-5-12-22(13-6-17)34(30,31)28(21-10-8-20(26)9-11-21)16-25(29)27-18(2)19-7-14-23(32-3)24(15-19)33-4/h5-15,18H,16H2,1-4H3,(H,27,29)/t18-/m1/s1. The number of anilines is 1. The normalized spacial score (nSPS) is 12.0. The summed E-state index contributed by atoms with van der Waals surface area (Å²) in [5.74, 6) is 0.677. The van der Waals surface area contributed by atoms with Crippen molar-refractivity contribution in [2.45, 2.75) is 24.8 Å². The molecule has 0 heterocycles. The number of sulfonamides is 1. The van der Waals surface area contributed by atoms with Gasteiger partial charge >= 0.3 is 0 Å². The number of nitrogens with one attached hydrogen (secondary N) is 1. The van der Waals surface area contributed by atoms with Crippen LogP contribution in [0.1, 0.15) is 24.1 Å². The minimum Gasteiger partial charge on any atom is -0.493 e. The Morgan fingerprint density at radius 3 is 2.18 bits per heavy atom. The molecule has 34 heavy (non-hydrogen) atoms. The van der Waals surface area contributed by atoms with Crippen LogP contribution in [0, 0.1) is 6.92 Å². The van der Waals surface area contributed by atoms with E-state index >= 15 is 0 Å². The molecule has 3 aromatic carbocycles. The van der Waals surface area contributed by atoms with Crippen LogP contribution in [-0.4, -0.2) is 35.1 Å². The largest absolute Gasteiger partial charge is 0.493 e. The van der Waals surface area contributed by atoms with Gasteiger partial charge in [0, 0.05) is 4.47 Å². The summed E-state index contributed by atoms with van der Waals surface area (Å²) >= 11 is 3.36. The Balaban J connectivity index is 1.87. The third-order valence-electron chi connectivity index (χ3n) is 5.30. The Hall–Kier alpha value is -3.04. The molecule has 0 radical (unpaired) electrons. The molecule has 3 rings (SSSR count). The average molecular weight is 547 g/mol. The Bertz CT molecular complexity index is 1250. The molecule has 0 aromatic heterocycles. The molecule has 0 aliphatic heterocycles. The lowest BCUT2D eigenvalue weighted by molar-refractivity contribution is -0.120. The number of halogens is 1. The van der Waals surface area contributed by atoms with Gasteiger partial charge in [-0.15, -0.1) is 0 Å². The van der Waals surface area contributed by atoms with E-state index in [2.05, 4.69) is 21.2 Å². The van der Waals surface area contributed by atoms with Gasteiger partial charge in [-0.1, -0.05) is 39.7 Å². The molecule has 0 aliphatic rings. The number of benzene rings is 3. The summed E-state index contributed by atoms with van der Waals surface area (Å²) in [6.07, 6.45) is 0. The van der Waals surface area contributed by atoms with Crippen molar-refractivity contribution < 1.29 is 22.7 Å². The maximum Gasteiger partial charge on any atom is 0.264 e. The molecule has 180 valence electrons. The van der Waals surface area contributed by atoms with Gasteiger partial charge in [-0.05, 0) is 67.9 Å². The van der Waals surface area contributed by atoms with Crippen LogP contribution >= 0.6 is 15.9 Å². The van der Waals surface area contributed by atoms with Gasteiger partial charge in [-0.3, -0.25) is 9.10 Å². The molecule has 0 saturated heterocycles. The van der Waals surface area contributed by atoms with Gasteiger partial charge in [0.25, 0.3) is 10.0 Å². The second-order valence-electron chi connectivity index (χ2n) is 7.70. The van der Waals surface area contributed by atoms with E-state index < -0.39 is 15.9 Å². The molecule has 0 fully saturated rings. The molecule has 7 nitrogen and oxygen atoms in total. The van der Waals surface area contributed by atoms with Gasteiger partial charge in [0.1, 0.15) is 6.54 Å². The van der Waals surface area contributed by atoms with Crippen LogP contribution in [0.5, 0.6) is 11.5 Å². The van der Waals surface area contributed by atoms with E-state index in [9.17, 15) is 13.2 Å². The van der Waals surface area contributed by atoms with Crippen molar-refractivity contribution in [1.29, 1.82) is 0 Å². The number of hydrogen-bond acceptors (Lipinski definition) is 5. The third kappa shape index (κ3) is 5.90. The number of amides is 1. The molecule has 3 aromatic rings. The molecule has 0 unspecified atom stereocenters. The molecule has 9 heteroatoms. The summed E-state index contributed by atoms with van der Waals surface area (Å²) in [5, 5.41) is 2.88. The number of carbonyl (C=O) groups excluding carboxylic acids is 1. The van der Waals surface area contributed by atoms with Crippen molar-refractivity contribution in [3.63, 3.8) is 0 Å². The topological polar surface area (TPSA) is 84.9 Å². The second kappa shape index (κ2) is 10.9. The van der Waals surface area contributed by atoms with Crippen LogP contribution < -0.4 is 19.1 Å². The zero-order valence-corrected chi connectivity index (χ0v) is 21.8. The van der Waals surface area contributed by atoms with E-state index in [0.29, 0.717) is 17.2 Å². The summed E-state index contributed by atoms with van der Waals surface area (Å²) in [6, 6.07) is 18.3. The van der Waals surface area contributed by atoms with E-state index in [-0.39, 0.29) is 17.5 Å². The van der Waals surface area contributed by atoms with Crippen molar-refractivity contribution in [3.05, 3.63) is 82.3 Å². The van der Waals surface area contributed by atoms with Gasteiger partial charge in [0.15, 0.2) is 11.5 Å². The summed E-state index contributed by atoms with van der Waals surface area (Å²) in [4.78, 5) is 13.1. The molecule has 1 N–H and O–H groups in total. The molecule has 1 amide bonds. The highest BCUT2D eigenvalue weighted by Gasteiger charge is 2.28. The first-order chi connectivity index (χ1) is 16.1. The minimum absolute atomic E-state index is 0.113. The van der Waals surface area contributed by atoms with Crippen LogP contribution in [0.4, 0.5) is 5.69 Å². The lowest BCUT2D eigenvalue weighted by Gasteiger charge is -2.25. The van der Waals surface area contributed by atoms with E-state index in [1.807, 2.05) is 19.9 Å². The van der Waals surface area contributed by atoms with Gasteiger partial charge in [0.05, 0.1) is 30.8 Å². The molecule has 0 aliphatic carbocycles. The Morgan fingerprint density at radius 2 is 1.59 bits per heavy atom. The number of nitrogens with zero attached hydrogens (tertiary/aromatic N) is 1. The van der Waals surface area contributed by atoms with Crippen molar-refractivity contribution >= 4 is 37.5 Å². The van der Waals surface area contributed by atoms with Crippen LogP contribution in [0.25, 0.3) is 0 Å². The first-order valence-corrected chi connectivity index (χ1v) is 12.7. The monoisotopic (exact) mass is 546 g/mol. The lowest BCUT2D eigenvalue weighted by atomic mass is 10.1. The summed E-state index contributed by atoms with van der Waals surface area (Å²) in [5.41, 5.74) is 2.12. The number of aryl methyl sites for hydroxylation is 1. The summed E-state index contributed by atoms with van der Waals surface area (Å²) < 4.78 is 39.5. The fourth-order valence-corrected chi connectivity index (χ4v) is 5.07. The Kier molecular flexibility index (Phi) is 8.22. The Labute approximate surface area is 208 Å². The van der Waals surface area contributed by atoms with Gasteiger partial charge in [-0.25, -0.2) is 8.42 Å². The highest BCUT2D eigenvalue weighted by Crippen LogP contribution is 2.30. The molecule has 1 atom stereocenters. The smallest absolute Gasteiger partial charge is 0.264 e. The summed E-state index contributed by atoms with van der Waals surface area (Å²) in [6.45, 7) is 3.32. The number of carbonyl (C=O) groups is 1. The van der Waals surface area contributed by atoms with Crippen molar-refractivity contribution in [1.82, 2.24) is 5.32 Å². The SMILES string of the molecule is COc1ccc([C@@H](C)NC(=O)CN(c2ccc(Br)cc2)S(=O)(=O)c2ccc(C)cc2)cc1OC. The van der Waals surface area contributed by atoms with E-state index in [0.717, 1.165) is 19.9 Å². The number of hydrogen-bond donors (Lipinski definition) is 1. The molecular formula is C25H27BrN2O5S.